The third-order valence-electron chi connectivity index (χ3n) is 1.33. The van der Waals surface area contributed by atoms with Crippen molar-refractivity contribution in [3.8, 4) is 0 Å². The number of hydrogen-bond donors (Lipinski definition) is 0. The maximum atomic E-state index is 3.44. The van der Waals surface area contributed by atoms with Gasteiger partial charge in [-0.05, 0) is 25.7 Å². The van der Waals surface area contributed by atoms with Gasteiger partial charge in [0.1, 0.15) is 0 Å². The third-order valence-corrected chi connectivity index (χ3v) is 1.33. The number of rotatable bonds is 0. The number of hydrogen-bond acceptors (Lipinski definition) is 0. The van der Waals surface area contributed by atoms with Crippen LogP contribution in [0.3, 0.4) is 0 Å². The van der Waals surface area contributed by atoms with Crippen LogP contribution >= 0.6 is 0 Å². The molecule has 0 aromatic heterocycles. The molecule has 0 amide bonds. The van der Waals surface area contributed by atoms with E-state index in [1.807, 2.05) is 13.8 Å². The normalized spacial score (nSPS) is 16.1. The second kappa shape index (κ2) is 17.7. The first-order valence-corrected chi connectivity index (χ1v) is 5.71. The Balaban J connectivity index is -0.000000189. The van der Waals surface area contributed by atoms with Crippen molar-refractivity contribution >= 4 is 0 Å². The van der Waals surface area contributed by atoms with E-state index in [-0.39, 0.29) is 19.5 Å². The molecule has 0 bridgehead atoms. The van der Waals surface area contributed by atoms with Gasteiger partial charge in [0.05, 0.1) is 0 Å². The topological polar surface area (TPSA) is 0 Å². The number of allylic oxidation sites excluding steroid dienone is 6. The standard InChI is InChI=1S/C8H12.2C4H7.Ru/c1-2-4-6-8-7-5-3-1;2*1-4(2)3;/h1-2,7-8H,3-6H2;2*1-2H2,3H3;/q;2*-1;+2/b2-1-,8-7-;;;. The van der Waals surface area contributed by atoms with Gasteiger partial charge in [-0.2, -0.15) is 0 Å². The van der Waals surface area contributed by atoms with Crippen LogP contribution in [0.1, 0.15) is 39.5 Å². The molecule has 17 heavy (non-hydrogen) atoms. The summed E-state index contributed by atoms with van der Waals surface area (Å²) >= 11 is 0. The SMILES string of the molecule is C1=C\CC/C=C\CC/1.C=C([CH2-])C.C=C([CH2-])C.[Ru+2]. The molecule has 1 rings (SSSR count). The summed E-state index contributed by atoms with van der Waals surface area (Å²) in [5.41, 5.74) is 1.83. The monoisotopic (exact) mass is 320 g/mol. The molecule has 1 heteroatoms. The van der Waals surface area contributed by atoms with Crippen molar-refractivity contribution in [2.45, 2.75) is 39.5 Å². The van der Waals surface area contributed by atoms with Gasteiger partial charge in [-0.3, -0.25) is 0 Å². The molecule has 0 N–H and O–H groups in total. The van der Waals surface area contributed by atoms with Gasteiger partial charge in [0.15, 0.2) is 0 Å². The first-order valence-electron chi connectivity index (χ1n) is 5.71. The van der Waals surface area contributed by atoms with Gasteiger partial charge in [-0.25, -0.2) is 38.2 Å². The first kappa shape index (κ1) is 21.6. The molecule has 1 aliphatic carbocycles. The average Bonchev–Trinajstić information content (AvgIpc) is 1.98. The molecule has 0 saturated heterocycles. The zero-order chi connectivity index (χ0) is 12.8. The molecule has 0 aromatic rings. The van der Waals surface area contributed by atoms with Crippen LogP contribution in [0.5, 0.6) is 0 Å². The largest absolute Gasteiger partial charge is 2.00 e. The van der Waals surface area contributed by atoms with Crippen LogP contribution in [-0.4, -0.2) is 0 Å². The summed E-state index contributed by atoms with van der Waals surface area (Å²) in [4.78, 5) is 0. The quantitative estimate of drug-likeness (QED) is 0.316. The summed E-state index contributed by atoms with van der Waals surface area (Å²) < 4.78 is 0. The summed E-state index contributed by atoms with van der Waals surface area (Å²) in [6.07, 6.45) is 14.0. The second-order valence-corrected chi connectivity index (χ2v) is 4.01. The van der Waals surface area contributed by atoms with E-state index in [9.17, 15) is 0 Å². The van der Waals surface area contributed by atoms with Gasteiger partial charge in [-0.1, -0.05) is 38.2 Å². The average molecular weight is 319 g/mol. The molecule has 0 aliphatic heterocycles. The maximum Gasteiger partial charge on any atom is 2.00 e. The van der Waals surface area contributed by atoms with E-state index in [1.54, 1.807) is 0 Å². The maximum absolute atomic E-state index is 3.44. The molecular formula is C16H26Ru. The minimum absolute atomic E-state index is 0. The van der Waals surface area contributed by atoms with Crippen molar-refractivity contribution < 1.29 is 19.5 Å². The molecule has 0 fully saturated rings. The van der Waals surface area contributed by atoms with Gasteiger partial charge in [-0.15, -0.1) is 0 Å². The molecule has 0 radical (unpaired) electrons. The zero-order valence-corrected chi connectivity index (χ0v) is 13.1. The van der Waals surface area contributed by atoms with Crippen molar-refractivity contribution in [2.24, 2.45) is 0 Å². The molecule has 98 valence electrons. The van der Waals surface area contributed by atoms with Crippen LogP contribution in [0.25, 0.3) is 0 Å². The molecule has 0 saturated carbocycles. The van der Waals surface area contributed by atoms with E-state index >= 15 is 0 Å². The summed E-state index contributed by atoms with van der Waals surface area (Å²) in [6.45, 7) is 17.5. The fourth-order valence-corrected chi connectivity index (χ4v) is 0.856. The molecule has 1 aliphatic rings. The Hall–Kier alpha value is -0.677. The molecular weight excluding hydrogens is 293 g/mol. The van der Waals surface area contributed by atoms with Crippen LogP contribution in [0.15, 0.2) is 48.6 Å². The van der Waals surface area contributed by atoms with Crippen molar-refractivity contribution in [3.63, 3.8) is 0 Å². The first-order chi connectivity index (χ1) is 7.46. The van der Waals surface area contributed by atoms with Crippen LogP contribution < -0.4 is 0 Å². The van der Waals surface area contributed by atoms with Gasteiger partial charge >= 0.3 is 19.5 Å². The fraction of sp³-hybridized carbons (Fsp3) is 0.375. The molecule has 0 heterocycles. The van der Waals surface area contributed by atoms with Crippen molar-refractivity contribution in [1.82, 2.24) is 0 Å². The molecule has 0 spiro atoms. The van der Waals surface area contributed by atoms with Gasteiger partial charge in [0.2, 0.25) is 0 Å². The minimum Gasteiger partial charge on any atom is -0.242 e. The van der Waals surface area contributed by atoms with E-state index in [0.29, 0.717) is 0 Å². The zero-order valence-electron chi connectivity index (χ0n) is 11.3. The smallest absolute Gasteiger partial charge is 0.242 e. The third kappa shape index (κ3) is 50.7. The Morgan fingerprint density at radius 2 is 0.882 bits per heavy atom. The van der Waals surface area contributed by atoms with Crippen LogP contribution in [-0.2, 0) is 19.5 Å². The predicted octanol–water partition coefficient (Wildman–Crippen LogP) is 5.46. The Morgan fingerprint density at radius 1 is 0.765 bits per heavy atom. The van der Waals surface area contributed by atoms with E-state index in [1.165, 1.54) is 25.7 Å². The van der Waals surface area contributed by atoms with Crippen LogP contribution in [0, 0.1) is 13.8 Å². The van der Waals surface area contributed by atoms with Gasteiger partial charge in [0.25, 0.3) is 0 Å². The van der Waals surface area contributed by atoms with Crippen LogP contribution in [0.2, 0.25) is 0 Å². The van der Waals surface area contributed by atoms with Crippen molar-refractivity contribution in [1.29, 1.82) is 0 Å². The van der Waals surface area contributed by atoms with E-state index in [2.05, 4.69) is 51.3 Å². The Morgan fingerprint density at radius 3 is 1.00 bits per heavy atom. The van der Waals surface area contributed by atoms with Crippen LogP contribution in [0.4, 0.5) is 0 Å². The summed E-state index contributed by atoms with van der Waals surface area (Å²) in [5, 5.41) is 0. The minimum atomic E-state index is 0. The Bertz CT molecular complexity index is 188. The molecule has 0 nitrogen and oxygen atoms in total. The summed E-state index contributed by atoms with van der Waals surface area (Å²) in [5.74, 6) is 0. The van der Waals surface area contributed by atoms with E-state index in [4.69, 9.17) is 0 Å². The second-order valence-electron chi connectivity index (χ2n) is 4.01. The Labute approximate surface area is 121 Å². The van der Waals surface area contributed by atoms with Crippen molar-refractivity contribution in [2.75, 3.05) is 0 Å². The summed E-state index contributed by atoms with van der Waals surface area (Å²) in [6, 6.07) is 0. The summed E-state index contributed by atoms with van der Waals surface area (Å²) in [7, 11) is 0. The molecule has 0 aromatic carbocycles. The van der Waals surface area contributed by atoms with Gasteiger partial charge < -0.3 is 0 Å². The van der Waals surface area contributed by atoms with E-state index < -0.39 is 0 Å². The fourth-order valence-electron chi connectivity index (χ4n) is 0.856. The molecule has 0 unspecified atom stereocenters. The van der Waals surface area contributed by atoms with E-state index in [0.717, 1.165) is 11.1 Å². The predicted molar refractivity (Wildman–Crippen MR) is 77.1 cm³/mol. The molecule has 0 atom stereocenters. The Kier molecular flexibility index (Phi) is 22.5. The van der Waals surface area contributed by atoms with Gasteiger partial charge in [0, 0.05) is 0 Å². The van der Waals surface area contributed by atoms with Crippen molar-refractivity contribution in [3.05, 3.63) is 62.5 Å².